The number of nitrogens with zero attached hydrogens (tertiary/aromatic N) is 2. The maximum atomic E-state index is 12.6. The summed E-state index contributed by atoms with van der Waals surface area (Å²) in [5.41, 5.74) is 2.00. The summed E-state index contributed by atoms with van der Waals surface area (Å²) in [4.78, 5) is 29.5. The van der Waals surface area contributed by atoms with Crippen LogP contribution in [-0.4, -0.2) is 56.1 Å². The van der Waals surface area contributed by atoms with Crippen molar-refractivity contribution in [2.24, 2.45) is 11.8 Å². The number of nitrogens with one attached hydrogen (secondary N) is 1. The van der Waals surface area contributed by atoms with Crippen LogP contribution in [0.25, 0.3) is 0 Å². The standard InChI is InChI=1S/C22H33N3O3/c1-3-24(4-2)20-7-5-19(6-8-20)23-21(26)17-9-13-25(14-10-17)22(27)18-11-15-28-16-12-18/h5-8,17-18H,3-4,9-16H2,1-2H3,(H,23,26). The van der Waals surface area contributed by atoms with Gasteiger partial charge in [0.15, 0.2) is 0 Å². The van der Waals surface area contributed by atoms with E-state index in [1.807, 2.05) is 17.0 Å². The van der Waals surface area contributed by atoms with Gasteiger partial charge in [-0.25, -0.2) is 0 Å². The molecule has 2 saturated heterocycles. The Morgan fingerprint density at radius 2 is 1.61 bits per heavy atom. The highest BCUT2D eigenvalue weighted by atomic mass is 16.5. The number of carbonyl (C=O) groups is 2. The minimum atomic E-state index is -0.0267. The Morgan fingerprint density at radius 3 is 2.18 bits per heavy atom. The van der Waals surface area contributed by atoms with Crippen LogP contribution in [0.2, 0.25) is 0 Å². The quantitative estimate of drug-likeness (QED) is 0.815. The Kier molecular flexibility index (Phi) is 7.31. The largest absolute Gasteiger partial charge is 0.381 e. The fourth-order valence-corrected chi connectivity index (χ4v) is 4.15. The second-order valence-electron chi connectivity index (χ2n) is 7.69. The summed E-state index contributed by atoms with van der Waals surface area (Å²) < 4.78 is 5.35. The van der Waals surface area contributed by atoms with E-state index in [9.17, 15) is 9.59 Å². The monoisotopic (exact) mass is 387 g/mol. The fourth-order valence-electron chi connectivity index (χ4n) is 4.15. The van der Waals surface area contributed by atoms with E-state index >= 15 is 0 Å². The molecule has 2 amide bonds. The maximum Gasteiger partial charge on any atom is 0.227 e. The predicted octanol–water partition coefficient (Wildman–Crippen LogP) is 3.14. The molecule has 28 heavy (non-hydrogen) atoms. The molecule has 1 aromatic carbocycles. The molecule has 2 aliphatic heterocycles. The molecule has 0 spiro atoms. The van der Waals surface area contributed by atoms with E-state index in [-0.39, 0.29) is 23.7 Å². The van der Waals surface area contributed by atoms with Gasteiger partial charge in [0, 0.05) is 62.6 Å². The van der Waals surface area contributed by atoms with Crippen molar-refractivity contribution in [3.63, 3.8) is 0 Å². The lowest BCUT2D eigenvalue weighted by Crippen LogP contribution is -2.45. The summed E-state index contributed by atoms with van der Waals surface area (Å²) in [6.07, 6.45) is 3.11. The van der Waals surface area contributed by atoms with Crippen LogP contribution in [0.5, 0.6) is 0 Å². The van der Waals surface area contributed by atoms with Crippen LogP contribution in [0.1, 0.15) is 39.5 Å². The zero-order valence-corrected chi connectivity index (χ0v) is 17.2. The number of carbonyl (C=O) groups excluding carboxylic acids is 2. The number of likely N-dealkylation sites (tertiary alicyclic amines) is 1. The summed E-state index contributed by atoms with van der Waals surface area (Å²) in [5.74, 6) is 0.382. The molecule has 0 unspecified atom stereocenters. The number of piperidine rings is 1. The van der Waals surface area contributed by atoms with E-state index in [1.54, 1.807) is 0 Å². The van der Waals surface area contributed by atoms with Crippen molar-refractivity contribution in [3.8, 4) is 0 Å². The minimum absolute atomic E-state index is 0.0267. The first-order valence-electron chi connectivity index (χ1n) is 10.6. The van der Waals surface area contributed by atoms with Gasteiger partial charge in [0.2, 0.25) is 11.8 Å². The Labute approximate surface area is 168 Å². The van der Waals surface area contributed by atoms with Gasteiger partial charge < -0.3 is 19.9 Å². The lowest BCUT2D eigenvalue weighted by atomic mass is 9.93. The summed E-state index contributed by atoms with van der Waals surface area (Å²) in [7, 11) is 0. The molecule has 0 saturated carbocycles. The molecule has 0 aromatic heterocycles. The van der Waals surface area contributed by atoms with Crippen molar-refractivity contribution in [3.05, 3.63) is 24.3 Å². The van der Waals surface area contributed by atoms with Crippen LogP contribution < -0.4 is 10.2 Å². The van der Waals surface area contributed by atoms with E-state index < -0.39 is 0 Å². The van der Waals surface area contributed by atoms with Gasteiger partial charge in [-0.05, 0) is 63.8 Å². The first kappa shape index (κ1) is 20.6. The first-order chi connectivity index (χ1) is 13.6. The average molecular weight is 388 g/mol. The normalized spacial score (nSPS) is 18.7. The highest BCUT2D eigenvalue weighted by Gasteiger charge is 2.31. The topological polar surface area (TPSA) is 61.9 Å². The van der Waals surface area contributed by atoms with E-state index in [0.29, 0.717) is 26.3 Å². The third kappa shape index (κ3) is 5.04. The SMILES string of the molecule is CCN(CC)c1ccc(NC(=O)C2CCN(C(=O)C3CCOCC3)CC2)cc1. The van der Waals surface area contributed by atoms with Crippen LogP contribution in [0.3, 0.4) is 0 Å². The molecule has 1 aromatic rings. The van der Waals surface area contributed by atoms with Gasteiger partial charge in [0.25, 0.3) is 0 Å². The molecule has 6 heteroatoms. The molecule has 1 N–H and O–H groups in total. The van der Waals surface area contributed by atoms with Gasteiger partial charge >= 0.3 is 0 Å². The summed E-state index contributed by atoms with van der Waals surface area (Å²) in [5, 5.41) is 3.04. The Morgan fingerprint density at radius 1 is 1.00 bits per heavy atom. The lowest BCUT2D eigenvalue weighted by Gasteiger charge is -2.34. The van der Waals surface area contributed by atoms with Crippen molar-refractivity contribution in [1.82, 2.24) is 4.90 Å². The van der Waals surface area contributed by atoms with Gasteiger partial charge in [-0.15, -0.1) is 0 Å². The zero-order valence-electron chi connectivity index (χ0n) is 17.2. The molecule has 2 heterocycles. The molecule has 0 atom stereocenters. The third-order valence-corrected chi connectivity index (χ3v) is 6.01. The summed E-state index contributed by atoms with van der Waals surface area (Å²) in [6.45, 7) is 8.92. The summed E-state index contributed by atoms with van der Waals surface area (Å²) in [6, 6.07) is 8.04. The van der Waals surface area contributed by atoms with Crippen molar-refractivity contribution >= 4 is 23.2 Å². The van der Waals surface area contributed by atoms with Gasteiger partial charge in [-0.1, -0.05) is 0 Å². The molecule has 0 bridgehead atoms. The van der Waals surface area contributed by atoms with E-state index in [1.165, 1.54) is 5.69 Å². The Hall–Kier alpha value is -2.08. The number of anilines is 2. The van der Waals surface area contributed by atoms with Crippen LogP contribution in [0.4, 0.5) is 11.4 Å². The first-order valence-corrected chi connectivity index (χ1v) is 10.6. The maximum absolute atomic E-state index is 12.6. The van der Waals surface area contributed by atoms with E-state index in [0.717, 1.165) is 44.5 Å². The van der Waals surface area contributed by atoms with Crippen LogP contribution >= 0.6 is 0 Å². The van der Waals surface area contributed by atoms with Gasteiger partial charge in [0.1, 0.15) is 0 Å². The highest BCUT2D eigenvalue weighted by molar-refractivity contribution is 5.93. The number of hydrogen-bond donors (Lipinski definition) is 1. The van der Waals surface area contributed by atoms with Crippen molar-refractivity contribution < 1.29 is 14.3 Å². The Bertz CT molecular complexity index is 643. The smallest absolute Gasteiger partial charge is 0.227 e. The zero-order chi connectivity index (χ0) is 19.9. The van der Waals surface area contributed by atoms with Crippen LogP contribution in [0, 0.1) is 11.8 Å². The van der Waals surface area contributed by atoms with Crippen molar-refractivity contribution in [1.29, 1.82) is 0 Å². The van der Waals surface area contributed by atoms with Crippen LogP contribution in [0.15, 0.2) is 24.3 Å². The minimum Gasteiger partial charge on any atom is -0.381 e. The number of hydrogen-bond acceptors (Lipinski definition) is 4. The molecular formula is C22H33N3O3. The average Bonchev–Trinajstić information content (AvgIpc) is 2.76. The van der Waals surface area contributed by atoms with E-state index in [2.05, 4.69) is 36.2 Å². The Balaban J connectivity index is 1.48. The fraction of sp³-hybridized carbons (Fsp3) is 0.636. The number of benzene rings is 1. The van der Waals surface area contributed by atoms with Crippen LogP contribution in [-0.2, 0) is 14.3 Å². The lowest BCUT2D eigenvalue weighted by molar-refractivity contribution is -0.141. The number of ether oxygens (including phenoxy) is 1. The molecule has 154 valence electrons. The van der Waals surface area contributed by atoms with Gasteiger partial charge in [-0.3, -0.25) is 9.59 Å². The molecule has 2 fully saturated rings. The second-order valence-corrected chi connectivity index (χ2v) is 7.69. The molecule has 0 radical (unpaired) electrons. The van der Waals surface area contributed by atoms with Crippen molar-refractivity contribution in [2.75, 3.05) is 49.6 Å². The third-order valence-electron chi connectivity index (χ3n) is 6.01. The summed E-state index contributed by atoms with van der Waals surface area (Å²) >= 11 is 0. The van der Waals surface area contributed by atoms with Gasteiger partial charge in [-0.2, -0.15) is 0 Å². The second kappa shape index (κ2) is 9.92. The molecular weight excluding hydrogens is 354 g/mol. The molecule has 6 nitrogen and oxygen atoms in total. The van der Waals surface area contributed by atoms with Crippen molar-refractivity contribution in [2.45, 2.75) is 39.5 Å². The molecule has 3 rings (SSSR count). The predicted molar refractivity (Wildman–Crippen MR) is 111 cm³/mol. The molecule has 0 aliphatic carbocycles. The number of amides is 2. The van der Waals surface area contributed by atoms with E-state index in [4.69, 9.17) is 4.74 Å². The highest BCUT2D eigenvalue weighted by Crippen LogP contribution is 2.24. The van der Waals surface area contributed by atoms with Gasteiger partial charge in [0.05, 0.1) is 0 Å². The number of rotatable bonds is 6. The molecule has 2 aliphatic rings.